The maximum Gasteiger partial charge on any atom is 0.338 e. The number of nitrogens with zero attached hydrogens (tertiary/aromatic N) is 2. The second-order valence-corrected chi connectivity index (χ2v) is 5.53. The van der Waals surface area contributed by atoms with E-state index in [1.165, 1.54) is 25.3 Å². The first-order chi connectivity index (χ1) is 10.9. The molecule has 1 saturated heterocycles. The SMILES string of the molecule is COC(=O)c1cccc([N+](=O)[O-])c1CN1CCC[C@H](C(N)=O)C1. The maximum atomic E-state index is 11.9. The lowest BCUT2D eigenvalue weighted by Crippen LogP contribution is -2.41. The zero-order valence-electron chi connectivity index (χ0n) is 12.9. The van der Waals surface area contributed by atoms with Gasteiger partial charge in [-0.15, -0.1) is 0 Å². The molecule has 23 heavy (non-hydrogen) atoms. The Balaban J connectivity index is 2.31. The number of ether oxygens (including phenoxy) is 1. The second kappa shape index (κ2) is 7.19. The Morgan fingerprint density at radius 1 is 1.48 bits per heavy atom. The number of piperidine rings is 1. The molecule has 1 amide bonds. The van der Waals surface area contributed by atoms with E-state index in [0.29, 0.717) is 25.1 Å². The number of nitro groups is 1. The predicted molar refractivity (Wildman–Crippen MR) is 81.6 cm³/mol. The summed E-state index contributed by atoms with van der Waals surface area (Å²) in [6, 6.07) is 4.32. The molecule has 1 aliphatic heterocycles. The van der Waals surface area contributed by atoms with Crippen LogP contribution in [0.15, 0.2) is 18.2 Å². The molecule has 1 aromatic carbocycles. The van der Waals surface area contributed by atoms with Crippen LogP contribution >= 0.6 is 0 Å². The lowest BCUT2D eigenvalue weighted by atomic mass is 9.96. The summed E-state index contributed by atoms with van der Waals surface area (Å²) in [7, 11) is 1.23. The zero-order valence-corrected chi connectivity index (χ0v) is 12.9. The summed E-state index contributed by atoms with van der Waals surface area (Å²) < 4.78 is 4.71. The lowest BCUT2D eigenvalue weighted by Gasteiger charge is -2.31. The average molecular weight is 321 g/mol. The molecule has 8 nitrogen and oxygen atoms in total. The number of methoxy groups -OCH3 is 1. The first-order valence-corrected chi connectivity index (χ1v) is 7.30. The standard InChI is InChI=1S/C15H19N3O5/c1-23-15(20)11-5-2-6-13(18(21)22)12(11)9-17-7-3-4-10(8-17)14(16)19/h2,5-6,10H,3-4,7-9H2,1H3,(H2,16,19)/t10-/m0/s1. The Morgan fingerprint density at radius 3 is 2.83 bits per heavy atom. The topological polar surface area (TPSA) is 116 Å². The molecule has 0 unspecified atom stereocenters. The van der Waals surface area contributed by atoms with Gasteiger partial charge in [-0.2, -0.15) is 0 Å². The first-order valence-electron chi connectivity index (χ1n) is 7.30. The van der Waals surface area contributed by atoms with Crippen molar-refractivity contribution in [3.8, 4) is 0 Å². The van der Waals surface area contributed by atoms with Gasteiger partial charge in [-0.3, -0.25) is 19.8 Å². The largest absolute Gasteiger partial charge is 0.465 e. The van der Waals surface area contributed by atoms with Crippen molar-refractivity contribution in [3.63, 3.8) is 0 Å². The minimum Gasteiger partial charge on any atom is -0.465 e. The van der Waals surface area contributed by atoms with Crippen molar-refractivity contribution in [2.24, 2.45) is 11.7 Å². The van der Waals surface area contributed by atoms with Gasteiger partial charge in [0.2, 0.25) is 5.91 Å². The fourth-order valence-electron chi connectivity index (χ4n) is 2.87. The van der Waals surface area contributed by atoms with Crippen LogP contribution in [0.1, 0.15) is 28.8 Å². The smallest absolute Gasteiger partial charge is 0.338 e. The molecule has 1 fully saturated rings. The molecular formula is C15H19N3O5. The zero-order chi connectivity index (χ0) is 17.0. The van der Waals surface area contributed by atoms with Crippen LogP contribution in [0.3, 0.4) is 0 Å². The minimum absolute atomic E-state index is 0.130. The van der Waals surface area contributed by atoms with Crippen molar-refractivity contribution in [2.75, 3.05) is 20.2 Å². The Labute approximate surface area is 133 Å². The van der Waals surface area contributed by atoms with Crippen LogP contribution in [0, 0.1) is 16.0 Å². The third-order valence-corrected chi connectivity index (χ3v) is 4.04. The summed E-state index contributed by atoms with van der Waals surface area (Å²) in [6.45, 7) is 1.32. The van der Waals surface area contributed by atoms with Gasteiger partial charge in [0.15, 0.2) is 0 Å². The number of esters is 1. The third kappa shape index (κ3) is 3.84. The number of carbonyl (C=O) groups is 2. The number of hydrogen-bond acceptors (Lipinski definition) is 6. The van der Waals surface area contributed by atoms with Gasteiger partial charge in [0, 0.05) is 19.2 Å². The number of carbonyl (C=O) groups excluding carboxylic acids is 2. The number of likely N-dealkylation sites (tertiary alicyclic amines) is 1. The first kappa shape index (κ1) is 16.9. The van der Waals surface area contributed by atoms with E-state index in [1.807, 2.05) is 4.90 Å². The van der Waals surface area contributed by atoms with Gasteiger partial charge in [0.25, 0.3) is 5.69 Å². The number of primary amides is 1. The van der Waals surface area contributed by atoms with Gasteiger partial charge < -0.3 is 10.5 Å². The van der Waals surface area contributed by atoms with Gasteiger partial charge in [-0.25, -0.2) is 4.79 Å². The van der Waals surface area contributed by atoms with Crippen molar-refractivity contribution < 1.29 is 19.2 Å². The molecular weight excluding hydrogens is 302 g/mol. The number of nitro benzene ring substituents is 1. The van der Waals surface area contributed by atoms with Crippen molar-refractivity contribution >= 4 is 17.6 Å². The highest BCUT2D eigenvalue weighted by Gasteiger charge is 2.28. The molecule has 124 valence electrons. The molecule has 2 rings (SSSR count). The summed E-state index contributed by atoms with van der Waals surface area (Å²) in [6.07, 6.45) is 1.49. The van der Waals surface area contributed by atoms with E-state index in [-0.39, 0.29) is 29.6 Å². The number of benzene rings is 1. The van der Waals surface area contributed by atoms with Crippen LogP contribution in [0.2, 0.25) is 0 Å². The summed E-state index contributed by atoms with van der Waals surface area (Å²) in [5.41, 5.74) is 5.69. The Bertz CT molecular complexity index is 632. The quantitative estimate of drug-likeness (QED) is 0.493. The van der Waals surface area contributed by atoms with Gasteiger partial charge in [0.05, 0.1) is 29.1 Å². The molecule has 1 aromatic rings. The highest BCUT2D eigenvalue weighted by atomic mass is 16.6. The number of nitrogens with two attached hydrogens (primary N) is 1. The lowest BCUT2D eigenvalue weighted by molar-refractivity contribution is -0.385. The number of amides is 1. The fraction of sp³-hybridized carbons (Fsp3) is 0.467. The van der Waals surface area contributed by atoms with E-state index in [1.54, 1.807) is 0 Å². The van der Waals surface area contributed by atoms with Crippen LogP contribution in [-0.4, -0.2) is 41.9 Å². The van der Waals surface area contributed by atoms with Crippen LogP contribution in [-0.2, 0) is 16.1 Å². The third-order valence-electron chi connectivity index (χ3n) is 4.04. The van der Waals surface area contributed by atoms with E-state index in [0.717, 1.165) is 6.42 Å². The molecule has 1 atom stereocenters. The number of rotatable bonds is 5. The summed E-state index contributed by atoms with van der Waals surface area (Å²) >= 11 is 0. The minimum atomic E-state index is -0.618. The van der Waals surface area contributed by atoms with Crippen molar-refractivity contribution in [1.82, 2.24) is 4.90 Å². The van der Waals surface area contributed by atoms with Crippen LogP contribution < -0.4 is 5.73 Å². The molecule has 1 heterocycles. The van der Waals surface area contributed by atoms with E-state index >= 15 is 0 Å². The van der Waals surface area contributed by atoms with Gasteiger partial charge in [0.1, 0.15) is 0 Å². The Kier molecular flexibility index (Phi) is 5.28. The summed E-state index contributed by atoms with van der Waals surface area (Å²) in [5, 5.41) is 11.3. The second-order valence-electron chi connectivity index (χ2n) is 5.53. The summed E-state index contributed by atoms with van der Waals surface area (Å²) in [5.74, 6) is -1.26. The van der Waals surface area contributed by atoms with Crippen LogP contribution in [0.4, 0.5) is 5.69 Å². The molecule has 0 saturated carbocycles. The fourth-order valence-corrected chi connectivity index (χ4v) is 2.87. The van der Waals surface area contributed by atoms with Crippen molar-refractivity contribution in [3.05, 3.63) is 39.4 Å². The monoisotopic (exact) mass is 321 g/mol. The molecule has 1 aliphatic rings. The molecule has 0 radical (unpaired) electrons. The highest BCUT2D eigenvalue weighted by Crippen LogP contribution is 2.27. The molecule has 0 aliphatic carbocycles. The van der Waals surface area contributed by atoms with Crippen LogP contribution in [0.5, 0.6) is 0 Å². The Morgan fingerprint density at radius 2 is 2.22 bits per heavy atom. The van der Waals surface area contributed by atoms with E-state index in [4.69, 9.17) is 10.5 Å². The molecule has 8 heteroatoms. The van der Waals surface area contributed by atoms with Gasteiger partial charge >= 0.3 is 5.97 Å². The van der Waals surface area contributed by atoms with Gasteiger partial charge in [-0.05, 0) is 25.5 Å². The Hall–Kier alpha value is -2.48. The van der Waals surface area contributed by atoms with E-state index in [9.17, 15) is 19.7 Å². The molecule has 2 N–H and O–H groups in total. The molecule has 0 aromatic heterocycles. The maximum absolute atomic E-state index is 11.9. The normalized spacial score (nSPS) is 18.4. The van der Waals surface area contributed by atoms with Crippen molar-refractivity contribution in [1.29, 1.82) is 0 Å². The number of hydrogen-bond donors (Lipinski definition) is 1. The van der Waals surface area contributed by atoms with E-state index in [2.05, 4.69) is 0 Å². The average Bonchev–Trinajstić information content (AvgIpc) is 2.54. The highest BCUT2D eigenvalue weighted by molar-refractivity contribution is 5.92. The molecule has 0 spiro atoms. The van der Waals surface area contributed by atoms with Crippen LogP contribution in [0.25, 0.3) is 0 Å². The molecule has 0 bridgehead atoms. The summed E-state index contributed by atoms with van der Waals surface area (Å²) in [4.78, 5) is 35.9. The predicted octanol–water partition coefficient (Wildman–Crippen LogP) is 1.08. The van der Waals surface area contributed by atoms with E-state index < -0.39 is 10.9 Å². The van der Waals surface area contributed by atoms with Gasteiger partial charge in [-0.1, -0.05) is 6.07 Å². The van der Waals surface area contributed by atoms with Crippen molar-refractivity contribution in [2.45, 2.75) is 19.4 Å².